The van der Waals surface area contributed by atoms with Crippen LogP contribution in [0.5, 0.6) is 0 Å². The van der Waals surface area contributed by atoms with Gasteiger partial charge in [0.2, 0.25) is 0 Å². The van der Waals surface area contributed by atoms with Crippen LogP contribution in [0.4, 0.5) is 0 Å². The van der Waals surface area contributed by atoms with Gasteiger partial charge in [0.15, 0.2) is 9.84 Å². The normalized spacial score (nSPS) is 13.2. The van der Waals surface area contributed by atoms with Crippen LogP contribution in [0.2, 0.25) is 0 Å². The van der Waals surface area contributed by atoms with Gasteiger partial charge in [-0.05, 0) is 36.2 Å². The molecule has 100 valence electrons. The van der Waals surface area contributed by atoms with E-state index < -0.39 is 15.1 Å². The molecule has 4 heteroatoms. The van der Waals surface area contributed by atoms with Crippen LogP contribution in [0, 0.1) is 0 Å². The molecule has 0 heterocycles. The van der Waals surface area contributed by atoms with E-state index in [-0.39, 0.29) is 0 Å². The molecular formula is C15H16O2S2. The van der Waals surface area contributed by atoms with E-state index in [1.54, 1.807) is 24.3 Å². The summed E-state index contributed by atoms with van der Waals surface area (Å²) in [7, 11) is -3.35. The van der Waals surface area contributed by atoms with Crippen LogP contribution < -0.4 is 0 Å². The predicted octanol–water partition coefficient (Wildman–Crippen LogP) is 3.90. The number of rotatable bonds is 4. The third-order valence-corrected chi connectivity index (χ3v) is 5.66. The van der Waals surface area contributed by atoms with Crippen molar-refractivity contribution in [2.75, 3.05) is 0 Å². The maximum atomic E-state index is 12.7. The Hall–Kier alpha value is -1.26. The summed E-state index contributed by atoms with van der Waals surface area (Å²) in [6, 6.07) is 16.0. The molecule has 2 aromatic carbocycles. The van der Waals surface area contributed by atoms with Gasteiger partial charge in [-0.25, -0.2) is 8.42 Å². The zero-order chi connectivity index (χ0) is 13.9. The van der Waals surface area contributed by atoms with Gasteiger partial charge in [-0.2, -0.15) is 0 Å². The Morgan fingerprint density at radius 1 is 1.00 bits per heavy atom. The summed E-state index contributed by atoms with van der Waals surface area (Å²) >= 11 is 4.18. The van der Waals surface area contributed by atoms with Gasteiger partial charge in [0.1, 0.15) is 0 Å². The second-order valence-electron chi connectivity index (χ2n) is 4.35. The highest BCUT2D eigenvalue weighted by Crippen LogP contribution is 2.31. The van der Waals surface area contributed by atoms with Gasteiger partial charge < -0.3 is 0 Å². The van der Waals surface area contributed by atoms with E-state index in [9.17, 15) is 8.42 Å². The Bertz CT molecular complexity index is 632. The highest BCUT2D eigenvalue weighted by atomic mass is 32.2. The van der Waals surface area contributed by atoms with Crippen molar-refractivity contribution in [3.63, 3.8) is 0 Å². The minimum Gasteiger partial charge on any atom is -0.223 e. The zero-order valence-corrected chi connectivity index (χ0v) is 12.4. The standard InChI is InChI=1S/C15H16O2S2/c1-2-15(12-6-4-3-5-7-12)19(16,17)14-10-8-13(18)9-11-14/h3-11,15,18H,2H2,1H3. The van der Waals surface area contributed by atoms with E-state index in [1.807, 2.05) is 37.3 Å². The maximum Gasteiger partial charge on any atom is 0.185 e. The van der Waals surface area contributed by atoms with Crippen molar-refractivity contribution in [1.29, 1.82) is 0 Å². The van der Waals surface area contributed by atoms with Crippen molar-refractivity contribution < 1.29 is 8.42 Å². The molecule has 2 rings (SSSR count). The summed E-state index contributed by atoms with van der Waals surface area (Å²) in [5, 5.41) is -0.500. The third kappa shape index (κ3) is 3.01. The Morgan fingerprint density at radius 2 is 1.58 bits per heavy atom. The summed E-state index contributed by atoms with van der Waals surface area (Å²) in [6.07, 6.45) is 0.551. The molecule has 0 saturated heterocycles. The highest BCUT2D eigenvalue weighted by molar-refractivity contribution is 7.91. The van der Waals surface area contributed by atoms with Gasteiger partial charge in [-0.15, -0.1) is 12.6 Å². The Balaban J connectivity index is 2.45. The Labute approximate surface area is 119 Å². The molecule has 2 aromatic rings. The van der Waals surface area contributed by atoms with E-state index in [1.165, 1.54) is 0 Å². The lowest BCUT2D eigenvalue weighted by atomic mass is 10.1. The summed E-state index contributed by atoms with van der Waals surface area (Å²) in [4.78, 5) is 1.10. The van der Waals surface area contributed by atoms with Crippen LogP contribution in [0.15, 0.2) is 64.4 Å². The predicted molar refractivity (Wildman–Crippen MR) is 80.4 cm³/mol. The molecule has 0 N–H and O–H groups in total. The average Bonchev–Trinajstić information content (AvgIpc) is 2.41. The van der Waals surface area contributed by atoms with Crippen molar-refractivity contribution in [2.45, 2.75) is 28.4 Å². The molecule has 0 aliphatic heterocycles. The fourth-order valence-corrected chi connectivity index (χ4v) is 4.05. The smallest absolute Gasteiger partial charge is 0.185 e. The van der Waals surface area contributed by atoms with E-state index in [4.69, 9.17) is 0 Å². The molecule has 0 bridgehead atoms. The molecule has 1 atom stereocenters. The van der Waals surface area contributed by atoms with Gasteiger partial charge >= 0.3 is 0 Å². The molecule has 0 aromatic heterocycles. The topological polar surface area (TPSA) is 34.1 Å². The molecule has 0 saturated carbocycles. The molecular weight excluding hydrogens is 276 g/mol. The molecule has 0 radical (unpaired) electrons. The lowest BCUT2D eigenvalue weighted by Gasteiger charge is -2.16. The monoisotopic (exact) mass is 292 g/mol. The molecule has 0 aliphatic carbocycles. The summed E-state index contributed by atoms with van der Waals surface area (Å²) in [5.41, 5.74) is 0.833. The first-order chi connectivity index (χ1) is 9.05. The van der Waals surface area contributed by atoms with Crippen molar-refractivity contribution in [3.8, 4) is 0 Å². The SMILES string of the molecule is CCC(c1ccccc1)S(=O)(=O)c1ccc(S)cc1. The average molecular weight is 292 g/mol. The molecule has 19 heavy (non-hydrogen) atoms. The Kier molecular flexibility index (Phi) is 4.32. The van der Waals surface area contributed by atoms with Gasteiger partial charge in [0.25, 0.3) is 0 Å². The van der Waals surface area contributed by atoms with Gasteiger partial charge in [-0.1, -0.05) is 37.3 Å². The van der Waals surface area contributed by atoms with Crippen molar-refractivity contribution in [2.24, 2.45) is 0 Å². The highest BCUT2D eigenvalue weighted by Gasteiger charge is 2.27. The number of hydrogen-bond donors (Lipinski definition) is 1. The van der Waals surface area contributed by atoms with Gasteiger partial charge in [-0.3, -0.25) is 0 Å². The summed E-state index contributed by atoms with van der Waals surface area (Å²) in [5.74, 6) is 0. The first-order valence-electron chi connectivity index (χ1n) is 6.13. The zero-order valence-electron chi connectivity index (χ0n) is 10.7. The van der Waals surface area contributed by atoms with E-state index in [0.717, 1.165) is 10.5 Å². The maximum absolute atomic E-state index is 12.7. The molecule has 0 amide bonds. The van der Waals surface area contributed by atoms with Gasteiger partial charge in [0.05, 0.1) is 10.1 Å². The van der Waals surface area contributed by atoms with Crippen LogP contribution in [0.3, 0.4) is 0 Å². The second-order valence-corrected chi connectivity index (χ2v) is 6.99. The van der Waals surface area contributed by atoms with Crippen LogP contribution in [0.1, 0.15) is 24.2 Å². The fraction of sp³-hybridized carbons (Fsp3) is 0.200. The van der Waals surface area contributed by atoms with Crippen LogP contribution in [0.25, 0.3) is 0 Å². The largest absolute Gasteiger partial charge is 0.223 e. The van der Waals surface area contributed by atoms with E-state index in [2.05, 4.69) is 12.6 Å². The minimum absolute atomic E-state index is 0.348. The lowest BCUT2D eigenvalue weighted by Crippen LogP contribution is -2.13. The van der Waals surface area contributed by atoms with E-state index >= 15 is 0 Å². The van der Waals surface area contributed by atoms with E-state index in [0.29, 0.717) is 11.3 Å². The quantitative estimate of drug-likeness (QED) is 0.867. The second kappa shape index (κ2) is 5.80. The number of thiol groups is 1. The number of sulfone groups is 1. The summed E-state index contributed by atoms with van der Waals surface area (Å²) < 4.78 is 25.3. The molecule has 0 aliphatic rings. The summed E-state index contributed by atoms with van der Waals surface area (Å²) in [6.45, 7) is 1.89. The number of hydrogen-bond acceptors (Lipinski definition) is 3. The first kappa shape index (κ1) is 14.2. The molecule has 1 unspecified atom stereocenters. The van der Waals surface area contributed by atoms with Crippen molar-refractivity contribution >= 4 is 22.5 Å². The van der Waals surface area contributed by atoms with Crippen LogP contribution in [-0.4, -0.2) is 8.42 Å². The van der Waals surface area contributed by atoms with Crippen LogP contribution in [-0.2, 0) is 9.84 Å². The minimum atomic E-state index is -3.35. The fourth-order valence-electron chi connectivity index (χ4n) is 2.10. The van der Waals surface area contributed by atoms with Crippen molar-refractivity contribution in [1.82, 2.24) is 0 Å². The lowest BCUT2D eigenvalue weighted by molar-refractivity contribution is 0.579. The Morgan fingerprint density at radius 3 is 2.11 bits per heavy atom. The van der Waals surface area contributed by atoms with Crippen LogP contribution >= 0.6 is 12.6 Å². The molecule has 0 spiro atoms. The van der Waals surface area contributed by atoms with Crippen molar-refractivity contribution in [3.05, 3.63) is 60.2 Å². The third-order valence-electron chi connectivity index (χ3n) is 3.08. The first-order valence-corrected chi connectivity index (χ1v) is 8.13. The molecule has 2 nitrogen and oxygen atoms in total. The number of benzene rings is 2. The van der Waals surface area contributed by atoms with Gasteiger partial charge in [0, 0.05) is 4.90 Å². The molecule has 0 fully saturated rings.